The predicted octanol–water partition coefficient (Wildman–Crippen LogP) is -0.304. The maximum atomic E-state index is 11.2. The number of aromatic nitrogens is 2. The summed E-state index contributed by atoms with van der Waals surface area (Å²) in [5.41, 5.74) is 5.31. The number of primary amides is 1. The summed E-state index contributed by atoms with van der Waals surface area (Å²) in [6, 6.07) is 1.31. The molecule has 1 aromatic rings. The lowest BCUT2D eigenvalue weighted by Crippen LogP contribution is -2.15. The number of aryl methyl sites for hydroxylation is 1. The van der Waals surface area contributed by atoms with Gasteiger partial charge in [0.1, 0.15) is 5.69 Å². The van der Waals surface area contributed by atoms with Gasteiger partial charge in [-0.25, -0.2) is 4.79 Å². The van der Waals surface area contributed by atoms with E-state index < -0.39 is 11.9 Å². The minimum atomic E-state index is -0.629. The van der Waals surface area contributed by atoms with Crippen LogP contribution in [0.15, 0.2) is 6.07 Å². The highest BCUT2D eigenvalue weighted by atomic mass is 16.5. The summed E-state index contributed by atoms with van der Waals surface area (Å²) in [5, 5.41) is 3.79. The van der Waals surface area contributed by atoms with Gasteiger partial charge in [-0.1, -0.05) is 0 Å². The third-order valence-electron chi connectivity index (χ3n) is 1.62. The minimum absolute atomic E-state index is 0.0863. The monoisotopic (exact) mass is 197 g/mol. The Morgan fingerprint density at radius 2 is 2.29 bits per heavy atom. The van der Waals surface area contributed by atoms with Gasteiger partial charge in [-0.3, -0.25) is 9.48 Å². The van der Waals surface area contributed by atoms with E-state index in [0.29, 0.717) is 0 Å². The molecule has 0 bridgehead atoms. The van der Waals surface area contributed by atoms with Crippen LogP contribution in [-0.4, -0.2) is 28.3 Å². The van der Waals surface area contributed by atoms with Gasteiger partial charge in [-0.05, 0) is 6.92 Å². The Balaban J connectivity index is 2.96. The molecular weight excluding hydrogens is 186 g/mol. The standard InChI is InChI=1S/C8H11N3O3/c1-3-14-8(13)5-4-6(7(9)12)11(2)10-5/h4H,3H2,1-2H3,(H2,9,12). The predicted molar refractivity (Wildman–Crippen MR) is 47.7 cm³/mol. The first kappa shape index (κ1) is 10.2. The number of carbonyl (C=O) groups excluding carboxylic acids is 2. The fourth-order valence-corrected chi connectivity index (χ4v) is 1.00. The van der Waals surface area contributed by atoms with Crippen LogP contribution in [0.2, 0.25) is 0 Å². The summed E-state index contributed by atoms with van der Waals surface area (Å²) in [6.07, 6.45) is 0. The second-order valence-corrected chi connectivity index (χ2v) is 2.62. The van der Waals surface area contributed by atoms with Crippen LogP contribution in [0.25, 0.3) is 0 Å². The molecule has 1 aromatic heterocycles. The number of carbonyl (C=O) groups is 2. The molecule has 1 heterocycles. The van der Waals surface area contributed by atoms with Gasteiger partial charge in [-0.15, -0.1) is 0 Å². The maximum absolute atomic E-state index is 11.2. The second kappa shape index (κ2) is 3.91. The van der Waals surface area contributed by atoms with Crippen LogP contribution in [0, 0.1) is 0 Å². The summed E-state index contributed by atoms with van der Waals surface area (Å²) >= 11 is 0. The van der Waals surface area contributed by atoms with E-state index in [1.165, 1.54) is 17.8 Å². The SMILES string of the molecule is CCOC(=O)c1cc(C(N)=O)n(C)n1. The van der Waals surface area contributed by atoms with Gasteiger partial charge in [0.15, 0.2) is 5.69 Å². The average Bonchev–Trinajstić information content (AvgIpc) is 2.48. The summed E-state index contributed by atoms with van der Waals surface area (Å²) in [5.74, 6) is -1.19. The minimum Gasteiger partial charge on any atom is -0.461 e. The number of rotatable bonds is 3. The van der Waals surface area contributed by atoms with Gasteiger partial charge < -0.3 is 10.5 Å². The van der Waals surface area contributed by atoms with Gasteiger partial charge >= 0.3 is 5.97 Å². The Kier molecular flexibility index (Phi) is 2.85. The number of hydrogen-bond donors (Lipinski definition) is 1. The van der Waals surface area contributed by atoms with Crippen LogP contribution in [0.5, 0.6) is 0 Å². The first-order chi connectivity index (χ1) is 6.56. The first-order valence-electron chi connectivity index (χ1n) is 4.07. The third kappa shape index (κ3) is 1.90. The molecule has 6 nitrogen and oxygen atoms in total. The number of hydrogen-bond acceptors (Lipinski definition) is 4. The molecule has 76 valence electrons. The van der Waals surface area contributed by atoms with Crippen molar-refractivity contribution >= 4 is 11.9 Å². The Morgan fingerprint density at radius 1 is 1.64 bits per heavy atom. The van der Waals surface area contributed by atoms with Crippen LogP contribution in [0.3, 0.4) is 0 Å². The quantitative estimate of drug-likeness (QED) is 0.673. The Labute approximate surface area is 80.6 Å². The Morgan fingerprint density at radius 3 is 2.71 bits per heavy atom. The van der Waals surface area contributed by atoms with Crippen LogP contribution in [0.1, 0.15) is 27.9 Å². The lowest BCUT2D eigenvalue weighted by atomic mass is 10.3. The van der Waals surface area contributed by atoms with E-state index in [4.69, 9.17) is 10.5 Å². The molecule has 0 spiro atoms. The maximum Gasteiger partial charge on any atom is 0.358 e. The van der Waals surface area contributed by atoms with Crippen LogP contribution >= 0.6 is 0 Å². The lowest BCUT2D eigenvalue weighted by Gasteiger charge is -1.95. The van der Waals surface area contributed by atoms with Gasteiger partial charge in [-0.2, -0.15) is 5.10 Å². The molecule has 0 aliphatic rings. The molecule has 0 aliphatic carbocycles. The van der Waals surface area contributed by atoms with Crippen LogP contribution < -0.4 is 5.73 Å². The summed E-state index contributed by atoms with van der Waals surface area (Å²) in [6.45, 7) is 1.96. The zero-order chi connectivity index (χ0) is 10.7. The van der Waals surface area contributed by atoms with E-state index in [2.05, 4.69) is 5.10 Å². The average molecular weight is 197 g/mol. The van der Waals surface area contributed by atoms with Crippen molar-refractivity contribution in [3.8, 4) is 0 Å². The highest BCUT2D eigenvalue weighted by molar-refractivity contribution is 5.95. The number of nitrogens with zero attached hydrogens (tertiary/aromatic N) is 2. The van der Waals surface area contributed by atoms with Crippen molar-refractivity contribution in [3.63, 3.8) is 0 Å². The molecule has 1 rings (SSSR count). The molecule has 0 saturated carbocycles. The van der Waals surface area contributed by atoms with Gasteiger partial charge in [0.25, 0.3) is 5.91 Å². The fourth-order valence-electron chi connectivity index (χ4n) is 1.00. The molecule has 0 aromatic carbocycles. The van der Waals surface area contributed by atoms with Crippen molar-refractivity contribution in [1.82, 2.24) is 9.78 Å². The molecule has 6 heteroatoms. The molecule has 2 N–H and O–H groups in total. The highest BCUT2D eigenvalue weighted by Crippen LogP contribution is 2.03. The van der Waals surface area contributed by atoms with E-state index in [9.17, 15) is 9.59 Å². The Bertz CT molecular complexity index is 370. The van der Waals surface area contributed by atoms with Gasteiger partial charge in [0.2, 0.25) is 0 Å². The Hall–Kier alpha value is -1.85. The number of amides is 1. The molecule has 0 aliphatic heterocycles. The molecular formula is C8H11N3O3. The number of ether oxygens (including phenoxy) is 1. The third-order valence-corrected chi connectivity index (χ3v) is 1.62. The van der Waals surface area contributed by atoms with Crippen molar-refractivity contribution in [2.45, 2.75) is 6.92 Å². The lowest BCUT2D eigenvalue weighted by molar-refractivity contribution is 0.0518. The second-order valence-electron chi connectivity index (χ2n) is 2.62. The molecule has 1 amide bonds. The molecule has 0 atom stereocenters. The topological polar surface area (TPSA) is 87.2 Å². The van der Waals surface area contributed by atoms with E-state index >= 15 is 0 Å². The zero-order valence-electron chi connectivity index (χ0n) is 7.98. The molecule has 0 unspecified atom stereocenters. The van der Waals surface area contributed by atoms with Gasteiger partial charge in [0, 0.05) is 13.1 Å². The van der Waals surface area contributed by atoms with Gasteiger partial charge in [0.05, 0.1) is 6.61 Å². The van der Waals surface area contributed by atoms with Crippen molar-refractivity contribution in [3.05, 3.63) is 17.5 Å². The summed E-state index contributed by atoms with van der Waals surface area (Å²) in [7, 11) is 1.53. The van der Waals surface area contributed by atoms with Crippen molar-refractivity contribution < 1.29 is 14.3 Å². The summed E-state index contributed by atoms with van der Waals surface area (Å²) in [4.78, 5) is 22.0. The van der Waals surface area contributed by atoms with E-state index in [1.807, 2.05) is 0 Å². The molecule has 0 saturated heterocycles. The fraction of sp³-hybridized carbons (Fsp3) is 0.375. The van der Waals surface area contributed by atoms with Crippen molar-refractivity contribution in [2.24, 2.45) is 12.8 Å². The highest BCUT2D eigenvalue weighted by Gasteiger charge is 2.15. The smallest absolute Gasteiger partial charge is 0.358 e. The van der Waals surface area contributed by atoms with Crippen LogP contribution in [0.4, 0.5) is 0 Å². The largest absolute Gasteiger partial charge is 0.461 e. The van der Waals surface area contributed by atoms with E-state index in [0.717, 1.165) is 0 Å². The number of nitrogens with two attached hydrogens (primary N) is 1. The normalized spacial score (nSPS) is 9.86. The summed E-state index contributed by atoms with van der Waals surface area (Å²) < 4.78 is 5.95. The first-order valence-corrected chi connectivity index (χ1v) is 4.07. The molecule has 14 heavy (non-hydrogen) atoms. The van der Waals surface area contributed by atoms with Crippen LogP contribution in [-0.2, 0) is 11.8 Å². The van der Waals surface area contributed by atoms with E-state index in [1.54, 1.807) is 6.92 Å². The van der Waals surface area contributed by atoms with Crippen molar-refractivity contribution in [1.29, 1.82) is 0 Å². The molecule has 0 radical (unpaired) electrons. The molecule has 0 fully saturated rings. The zero-order valence-corrected chi connectivity index (χ0v) is 7.98. The number of esters is 1. The van der Waals surface area contributed by atoms with E-state index in [-0.39, 0.29) is 18.0 Å². The van der Waals surface area contributed by atoms with Crippen molar-refractivity contribution in [2.75, 3.05) is 6.61 Å².